The van der Waals surface area contributed by atoms with Crippen LogP contribution in [-0.2, 0) is 4.79 Å². The van der Waals surface area contributed by atoms with E-state index in [9.17, 15) is 9.18 Å². The maximum absolute atomic E-state index is 13.7. The average molecular weight is 502 g/mol. The number of amides is 1. The minimum absolute atomic E-state index is 0.119. The second kappa shape index (κ2) is 8.24. The summed E-state index contributed by atoms with van der Waals surface area (Å²) < 4.78 is 20.2. The molecule has 1 N–H and O–H groups in total. The Hall–Kier alpha value is -1.83. The highest BCUT2D eigenvalue weighted by molar-refractivity contribution is 14.1. The van der Waals surface area contributed by atoms with Gasteiger partial charge in [-0.1, -0.05) is 23.2 Å². The van der Waals surface area contributed by atoms with Gasteiger partial charge in [-0.2, -0.15) is 0 Å². The van der Waals surface area contributed by atoms with Crippen molar-refractivity contribution < 1.29 is 13.6 Å². The third-order valence-electron chi connectivity index (χ3n) is 3.41. The first kappa shape index (κ1) is 18.9. The normalized spacial score (nSPS) is 11.1. The highest BCUT2D eigenvalue weighted by Crippen LogP contribution is 2.31. The van der Waals surface area contributed by atoms with Gasteiger partial charge >= 0.3 is 0 Å². The quantitative estimate of drug-likeness (QED) is 0.321. The van der Waals surface area contributed by atoms with Crippen LogP contribution in [0.4, 0.5) is 10.1 Å². The first-order valence-corrected chi connectivity index (χ1v) is 9.25. The monoisotopic (exact) mass is 501 g/mol. The molecule has 1 aromatic heterocycles. The number of rotatable bonds is 4. The zero-order chi connectivity index (χ0) is 18.7. The van der Waals surface area contributed by atoms with Gasteiger partial charge in [0, 0.05) is 20.2 Å². The summed E-state index contributed by atoms with van der Waals surface area (Å²) >= 11 is 14.0. The van der Waals surface area contributed by atoms with Gasteiger partial charge in [-0.05, 0) is 77.2 Å². The lowest BCUT2D eigenvalue weighted by molar-refractivity contribution is -0.111. The lowest BCUT2D eigenvalue weighted by Crippen LogP contribution is -2.09. The molecular weight excluding hydrogens is 491 g/mol. The molecule has 0 saturated heterocycles. The van der Waals surface area contributed by atoms with Crippen LogP contribution in [0.25, 0.3) is 17.4 Å². The first-order valence-electron chi connectivity index (χ1n) is 7.42. The topological polar surface area (TPSA) is 42.2 Å². The van der Waals surface area contributed by atoms with Gasteiger partial charge in [0.05, 0.1) is 10.7 Å². The van der Waals surface area contributed by atoms with E-state index in [0.717, 1.165) is 3.57 Å². The summed E-state index contributed by atoms with van der Waals surface area (Å²) in [6.07, 6.45) is 2.76. The minimum Gasteiger partial charge on any atom is -0.457 e. The summed E-state index contributed by atoms with van der Waals surface area (Å²) in [7, 11) is 0. The zero-order valence-corrected chi connectivity index (χ0v) is 16.8. The van der Waals surface area contributed by atoms with Crippen molar-refractivity contribution in [2.24, 2.45) is 0 Å². The highest BCUT2D eigenvalue weighted by atomic mass is 127. The molecule has 1 amide bonds. The molecule has 0 fully saturated rings. The second-order valence-corrected chi connectivity index (χ2v) is 7.36. The maximum atomic E-state index is 13.7. The van der Waals surface area contributed by atoms with Gasteiger partial charge in [0.2, 0.25) is 5.91 Å². The second-order valence-electron chi connectivity index (χ2n) is 5.27. The lowest BCUT2D eigenvalue weighted by Gasteiger charge is -2.03. The van der Waals surface area contributed by atoms with Crippen LogP contribution in [-0.4, -0.2) is 5.91 Å². The van der Waals surface area contributed by atoms with E-state index in [1.165, 1.54) is 24.3 Å². The van der Waals surface area contributed by atoms with Crippen LogP contribution in [0.5, 0.6) is 0 Å². The molecule has 0 radical (unpaired) electrons. The molecule has 2 aromatic carbocycles. The third kappa shape index (κ3) is 4.66. The van der Waals surface area contributed by atoms with Crippen molar-refractivity contribution in [1.29, 1.82) is 0 Å². The summed E-state index contributed by atoms with van der Waals surface area (Å²) in [4.78, 5) is 11.9. The van der Waals surface area contributed by atoms with Crippen molar-refractivity contribution in [3.8, 4) is 11.3 Å². The van der Waals surface area contributed by atoms with Crippen molar-refractivity contribution in [3.63, 3.8) is 0 Å². The Bertz CT molecular complexity index is 1000. The highest BCUT2D eigenvalue weighted by Gasteiger charge is 2.09. The summed E-state index contributed by atoms with van der Waals surface area (Å²) in [5.74, 6) is 0.0588. The molecule has 7 heteroatoms. The number of carbonyl (C=O) groups is 1. The molecule has 0 unspecified atom stereocenters. The predicted octanol–water partition coefficient (Wildman–Crippen LogP) is 6.65. The maximum Gasteiger partial charge on any atom is 0.248 e. The average Bonchev–Trinajstić information content (AvgIpc) is 3.04. The number of nitrogens with one attached hydrogen (secondary N) is 1. The van der Waals surface area contributed by atoms with E-state index in [1.54, 1.807) is 36.4 Å². The molecule has 0 spiro atoms. The van der Waals surface area contributed by atoms with Gasteiger partial charge in [-0.3, -0.25) is 4.79 Å². The molecule has 132 valence electrons. The van der Waals surface area contributed by atoms with E-state index in [4.69, 9.17) is 27.6 Å². The fourth-order valence-electron chi connectivity index (χ4n) is 2.20. The number of carbonyl (C=O) groups excluding carboxylic acids is 1. The summed E-state index contributed by atoms with van der Waals surface area (Å²) in [5, 5.41) is 3.48. The Morgan fingerprint density at radius 2 is 1.92 bits per heavy atom. The van der Waals surface area contributed by atoms with Crippen LogP contribution in [0.3, 0.4) is 0 Å². The molecule has 1 heterocycles. The molecule has 3 nitrogen and oxygen atoms in total. The summed E-state index contributed by atoms with van der Waals surface area (Å²) in [6.45, 7) is 0. The number of halogens is 4. The minimum atomic E-state index is -0.490. The Morgan fingerprint density at radius 3 is 2.65 bits per heavy atom. The Labute approximate surface area is 172 Å². The van der Waals surface area contributed by atoms with Crippen molar-refractivity contribution in [2.75, 3.05) is 5.32 Å². The van der Waals surface area contributed by atoms with Crippen LogP contribution < -0.4 is 5.32 Å². The number of anilines is 1. The van der Waals surface area contributed by atoms with Crippen LogP contribution >= 0.6 is 45.8 Å². The fraction of sp³-hybridized carbons (Fsp3) is 0. The third-order valence-corrected chi connectivity index (χ3v) is 4.63. The van der Waals surface area contributed by atoms with E-state index in [1.807, 2.05) is 22.6 Å². The number of hydrogen-bond donors (Lipinski definition) is 1. The standard InChI is InChI=1S/C19H11Cl2FINO2/c20-11-1-5-14(15(21)9-11)18-7-3-13(26-18)4-8-19(25)24-17-6-2-12(23)10-16(17)22/h1-10H,(H,24,25)/b8-4+. The molecular formula is C19H11Cl2FINO2. The molecule has 0 bridgehead atoms. The number of hydrogen-bond acceptors (Lipinski definition) is 2. The Kier molecular flexibility index (Phi) is 6.01. The Balaban J connectivity index is 1.71. The number of furan rings is 1. The molecule has 0 aliphatic heterocycles. The van der Waals surface area contributed by atoms with E-state index in [2.05, 4.69) is 5.32 Å². The van der Waals surface area contributed by atoms with Crippen LogP contribution in [0, 0.1) is 9.39 Å². The van der Waals surface area contributed by atoms with Crippen molar-refractivity contribution in [3.05, 3.63) is 79.8 Å². The van der Waals surface area contributed by atoms with Crippen LogP contribution in [0.2, 0.25) is 10.0 Å². The molecule has 0 atom stereocenters. The Morgan fingerprint density at radius 1 is 1.12 bits per heavy atom. The van der Waals surface area contributed by atoms with E-state index < -0.39 is 11.7 Å². The van der Waals surface area contributed by atoms with Gasteiger partial charge in [0.25, 0.3) is 0 Å². The van der Waals surface area contributed by atoms with E-state index in [-0.39, 0.29) is 5.69 Å². The van der Waals surface area contributed by atoms with Gasteiger partial charge in [0.15, 0.2) is 0 Å². The largest absolute Gasteiger partial charge is 0.457 e. The van der Waals surface area contributed by atoms with Crippen molar-refractivity contribution in [2.45, 2.75) is 0 Å². The zero-order valence-electron chi connectivity index (χ0n) is 13.1. The molecule has 0 saturated carbocycles. The van der Waals surface area contributed by atoms with Gasteiger partial charge in [-0.15, -0.1) is 0 Å². The van der Waals surface area contributed by atoms with Crippen LogP contribution in [0.1, 0.15) is 5.76 Å². The van der Waals surface area contributed by atoms with Gasteiger partial charge < -0.3 is 9.73 Å². The summed E-state index contributed by atoms with van der Waals surface area (Å²) in [6, 6.07) is 13.1. The molecule has 0 aliphatic rings. The molecule has 3 rings (SSSR count). The SMILES string of the molecule is O=C(/C=C/c1ccc(-c2ccc(Cl)cc2Cl)o1)Nc1ccc(I)cc1F. The predicted molar refractivity (Wildman–Crippen MR) is 111 cm³/mol. The van der Waals surface area contributed by atoms with Crippen LogP contribution in [0.15, 0.2) is 59.0 Å². The van der Waals surface area contributed by atoms with E-state index >= 15 is 0 Å². The van der Waals surface area contributed by atoms with Crippen molar-refractivity contribution in [1.82, 2.24) is 0 Å². The first-order chi connectivity index (χ1) is 12.4. The smallest absolute Gasteiger partial charge is 0.248 e. The lowest BCUT2D eigenvalue weighted by atomic mass is 10.2. The van der Waals surface area contributed by atoms with E-state index in [0.29, 0.717) is 27.1 Å². The fourth-order valence-corrected chi connectivity index (χ4v) is 3.15. The molecule has 0 aliphatic carbocycles. The molecule has 26 heavy (non-hydrogen) atoms. The summed E-state index contributed by atoms with van der Waals surface area (Å²) in [5.41, 5.74) is 0.814. The van der Waals surface area contributed by atoms with Gasteiger partial charge in [-0.25, -0.2) is 4.39 Å². The van der Waals surface area contributed by atoms with Gasteiger partial charge in [0.1, 0.15) is 17.3 Å². The number of benzene rings is 2. The molecule has 3 aromatic rings. The van der Waals surface area contributed by atoms with Crippen molar-refractivity contribution >= 4 is 63.5 Å².